The molecule has 12 aromatic carbocycles. The number of carbonyl (C=O) groups is 3. The van der Waals surface area contributed by atoms with E-state index in [4.69, 9.17) is 15.0 Å². The molecule has 3 radical (unpaired) electrons. The summed E-state index contributed by atoms with van der Waals surface area (Å²) in [4.78, 5) is 50.3. The van der Waals surface area contributed by atoms with Crippen molar-refractivity contribution in [3.63, 3.8) is 0 Å². The first-order valence-corrected chi connectivity index (χ1v) is 51.3. The number of aromatic nitrogens is 3. The van der Waals surface area contributed by atoms with E-state index < -0.39 is 0 Å². The van der Waals surface area contributed by atoms with Gasteiger partial charge in [0.05, 0.1) is 33.8 Å². The van der Waals surface area contributed by atoms with E-state index in [0.29, 0.717) is 0 Å². The van der Waals surface area contributed by atoms with Crippen LogP contribution in [-0.2, 0) is 90.9 Å². The molecule has 753 valence electrons. The molecule has 3 N–H and O–H groups in total. The van der Waals surface area contributed by atoms with Gasteiger partial charge in [-0.3, -0.25) is 29.3 Å². The van der Waals surface area contributed by atoms with Crippen molar-refractivity contribution in [3.8, 4) is 101 Å². The van der Waals surface area contributed by atoms with Crippen LogP contribution in [0, 0.1) is 88.3 Å². The number of hydrogen-bond donors (Lipinski definition) is 3. The first-order valence-electron chi connectivity index (χ1n) is 51.3. The molecule has 3 heterocycles. The Kier molecular flexibility index (Phi) is 40.5. The zero-order valence-corrected chi connectivity index (χ0v) is 95.7. The van der Waals surface area contributed by atoms with Crippen LogP contribution in [0.1, 0.15) is 250 Å². The van der Waals surface area contributed by atoms with E-state index in [-0.39, 0.29) is 147 Å². The van der Waals surface area contributed by atoms with Crippen LogP contribution in [0.4, 0.5) is 0 Å². The number of nitrogens with zero attached hydrogens (tertiary/aromatic N) is 3. The van der Waals surface area contributed by atoms with E-state index in [2.05, 4.69) is 319 Å². The van der Waals surface area contributed by atoms with Gasteiger partial charge < -0.3 is 15.3 Å². The number of aliphatic hydroxyl groups excluding tert-OH is 3. The van der Waals surface area contributed by atoms with Gasteiger partial charge in [0.2, 0.25) is 0 Å². The maximum absolute atomic E-state index is 11.7. The predicted molar refractivity (Wildman–Crippen MR) is 593 cm³/mol. The summed E-state index contributed by atoms with van der Waals surface area (Å²) in [5.74, 6) is 1.45. The van der Waals surface area contributed by atoms with Gasteiger partial charge in [-0.15, -0.1) is 107 Å². The Morgan fingerprint density at radius 2 is 0.597 bits per heavy atom. The van der Waals surface area contributed by atoms with Gasteiger partial charge in [-0.25, -0.2) is 0 Å². The van der Waals surface area contributed by atoms with Gasteiger partial charge in [-0.2, -0.15) is 0 Å². The molecule has 0 fully saturated rings. The van der Waals surface area contributed by atoms with E-state index in [1.54, 1.807) is 0 Å². The van der Waals surface area contributed by atoms with Gasteiger partial charge in [0.25, 0.3) is 0 Å². The van der Waals surface area contributed by atoms with Crippen molar-refractivity contribution in [3.05, 3.63) is 376 Å². The number of hydrogen-bond acceptors (Lipinski definition) is 9. The Labute approximate surface area is 899 Å². The second kappa shape index (κ2) is 51.0. The molecule has 12 heteroatoms. The van der Waals surface area contributed by atoms with Gasteiger partial charge in [0, 0.05) is 146 Å². The number of allylic oxidation sites excluding steroid dienone is 6. The number of rotatable bonds is 25. The molecule has 0 bridgehead atoms. The SMILES string of the molecule is CCC(C)C(=O)C=C(O)C(C)CC.CCC(CC)C(=O)C=C(O)C(CC)CC.CCC(CC)C(=O)C=C(O)C(CC)CC.Cc1[c-]c(-c2cc(-c3cccc(C)c3)c3cc4c(cc3n2)C(C)(C)c2ccccc2-4)cc(C)c1.Cc1cccc(-c2cc(-c3[c-]cccc3)nc3cc4c(cc23)-c2ccccc2C4(C)C)c1.Cc1cccc(-c2cc(-c3[c-]cccc3)nc3cc4c(cc23)-c2ccccc2C4(C)C)c1.[Ir].[Ir].[Ir]. The van der Waals surface area contributed by atoms with Gasteiger partial charge in [0.1, 0.15) is 0 Å². The average molecular weight is 2450 g/mol. The minimum absolute atomic E-state index is 0. The summed E-state index contributed by atoms with van der Waals surface area (Å²) in [6, 6.07) is 104. The first-order chi connectivity index (χ1) is 67.6. The maximum atomic E-state index is 11.7. The van der Waals surface area contributed by atoms with Crippen LogP contribution in [0.2, 0.25) is 0 Å². The molecule has 0 spiro atoms. The van der Waals surface area contributed by atoms with Crippen LogP contribution in [0.25, 0.3) is 133 Å². The fourth-order valence-electron chi connectivity index (χ4n) is 20.4. The van der Waals surface area contributed by atoms with Crippen LogP contribution in [0.5, 0.6) is 0 Å². The Hall–Kier alpha value is -11.6. The molecule has 2 atom stereocenters. The van der Waals surface area contributed by atoms with Crippen molar-refractivity contribution in [1.82, 2.24) is 15.0 Å². The second-order valence-corrected chi connectivity index (χ2v) is 40.4. The molecule has 2 unspecified atom stereocenters. The number of pyridine rings is 3. The Morgan fingerprint density at radius 3 is 0.889 bits per heavy atom. The summed E-state index contributed by atoms with van der Waals surface area (Å²) in [7, 11) is 0. The zero-order chi connectivity index (χ0) is 101. The third-order valence-corrected chi connectivity index (χ3v) is 29.6. The summed E-state index contributed by atoms with van der Waals surface area (Å²) in [6.07, 6.45) is 12.9. The third-order valence-electron chi connectivity index (χ3n) is 29.6. The zero-order valence-electron chi connectivity index (χ0n) is 88.5. The Bertz CT molecular complexity index is 6830. The number of aryl methyl sites for hydroxylation is 5. The molecule has 0 amide bonds. The summed E-state index contributed by atoms with van der Waals surface area (Å²) < 4.78 is 0. The van der Waals surface area contributed by atoms with Crippen LogP contribution in [0.15, 0.2) is 296 Å². The normalized spacial score (nSPS) is 13.5. The smallest absolute Gasteiger partial charge is 0.162 e. The van der Waals surface area contributed by atoms with Crippen molar-refractivity contribution in [2.45, 2.75) is 240 Å². The number of aliphatic hydroxyl groups is 3. The van der Waals surface area contributed by atoms with E-state index >= 15 is 0 Å². The number of ketones is 3. The van der Waals surface area contributed by atoms with E-state index in [0.717, 1.165) is 120 Å². The molecule has 15 aromatic rings. The molecule has 144 heavy (non-hydrogen) atoms. The van der Waals surface area contributed by atoms with E-state index in [9.17, 15) is 29.7 Å². The van der Waals surface area contributed by atoms with Crippen molar-refractivity contribution in [2.24, 2.45) is 35.5 Å². The van der Waals surface area contributed by atoms with Crippen molar-refractivity contribution < 1.29 is 90.0 Å². The fourth-order valence-corrected chi connectivity index (χ4v) is 20.4. The molecule has 3 aromatic heterocycles. The first kappa shape index (κ1) is 114. The van der Waals surface area contributed by atoms with Crippen molar-refractivity contribution in [2.75, 3.05) is 0 Å². The largest absolute Gasteiger partial charge is 0.512 e. The van der Waals surface area contributed by atoms with E-state index in [1.807, 2.05) is 119 Å². The Morgan fingerprint density at radius 1 is 0.292 bits per heavy atom. The van der Waals surface area contributed by atoms with Crippen LogP contribution < -0.4 is 0 Å². The quantitative estimate of drug-likeness (QED) is 0.0289. The predicted octanol–water partition coefficient (Wildman–Crippen LogP) is 35.4. The Balaban J connectivity index is 0.000000184. The van der Waals surface area contributed by atoms with Crippen molar-refractivity contribution in [1.29, 1.82) is 0 Å². The maximum Gasteiger partial charge on any atom is 0.162 e. The van der Waals surface area contributed by atoms with Crippen LogP contribution in [-0.4, -0.2) is 47.6 Å². The number of carbonyl (C=O) groups excluding carboxylic acids is 3. The summed E-state index contributed by atoms with van der Waals surface area (Å²) >= 11 is 0. The molecular formula is C132H144Ir3N3O6-3. The molecule has 0 saturated carbocycles. The monoisotopic (exact) mass is 2450 g/mol. The minimum Gasteiger partial charge on any atom is -0.512 e. The standard InChI is InChI=1S/C33H28N.2C31H24N.2C13H24O2.C11H20O2.3Ir/c1-20-9-8-10-23(14-20)26-18-31(24-15-21(2)13-22(3)16-24)34-32-19-30-27(17-28(26)32)25-11-6-7-12-29(25)33(30,4)5;2*1-20-10-9-13-22(16-20)24-18-29(21-11-5-4-6-12-21)32-30-19-28-25(17-26(24)30)23-14-7-8-15-27(23)31(28,2)3;2*1-5-10(6-2)12(14)9-13(15)11(7-3)8-4;1-5-8(3)10(12)7-11(13)9(4)6-2;;;/h6-15,17-19H,1-5H3;2*4-11,13-19H,1-3H3;2*9-11,14H,5-8H2,1-4H3;7-9,12H,5-6H2,1-4H3;;;/q3*-1;;;;;;. The fraction of sp³-hybridized carbons (Fsp3) is 0.318. The average Bonchev–Trinajstić information content (AvgIpc) is 1.40. The van der Waals surface area contributed by atoms with Crippen molar-refractivity contribution >= 4 is 50.1 Å². The van der Waals surface area contributed by atoms with Crippen LogP contribution >= 0.6 is 0 Å². The summed E-state index contributed by atoms with van der Waals surface area (Å²) in [6.45, 7) is 48.5. The molecule has 3 aliphatic rings. The van der Waals surface area contributed by atoms with Gasteiger partial charge in [-0.05, 0) is 239 Å². The molecule has 18 rings (SSSR count). The number of fused-ring (bicyclic) bond motifs is 12. The van der Waals surface area contributed by atoms with Gasteiger partial charge in [0.15, 0.2) is 17.3 Å². The summed E-state index contributed by atoms with van der Waals surface area (Å²) in [5, 5.41) is 32.6. The topological polar surface area (TPSA) is 151 Å². The minimum atomic E-state index is -0.0483. The van der Waals surface area contributed by atoms with Gasteiger partial charge >= 0.3 is 0 Å². The third kappa shape index (κ3) is 25.7. The molecular weight excluding hydrogens is 2300 g/mol. The van der Waals surface area contributed by atoms with Crippen LogP contribution in [0.3, 0.4) is 0 Å². The van der Waals surface area contributed by atoms with Gasteiger partial charge in [-0.1, -0.05) is 319 Å². The molecule has 0 aliphatic heterocycles. The summed E-state index contributed by atoms with van der Waals surface area (Å²) in [5.41, 5.74) is 38.7. The molecule has 9 nitrogen and oxygen atoms in total. The second-order valence-electron chi connectivity index (χ2n) is 40.4. The molecule has 3 aliphatic carbocycles. The molecule has 0 saturated heterocycles. The number of benzene rings is 12. The van der Waals surface area contributed by atoms with E-state index in [1.165, 1.54) is 157 Å².